The second-order valence-electron chi connectivity index (χ2n) is 8.56. The summed E-state index contributed by atoms with van der Waals surface area (Å²) in [5, 5.41) is 9.49. The molecule has 26 heavy (non-hydrogen) atoms. The van der Waals surface area contributed by atoms with Gasteiger partial charge in [-0.25, -0.2) is 0 Å². The van der Waals surface area contributed by atoms with Crippen LogP contribution < -0.4 is 0 Å². The van der Waals surface area contributed by atoms with E-state index in [0.717, 1.165) is 49.7 Å². The number of allylic oxidation sites excluding steroid dienone is 1. The molecule has 0 amide bonds. The Balaban J connectivity index is 3.04. The number of hydrogen-bond acceptors (Lipinski definition) is 2. The monoisotopic (exact) mass is 376 g/mol. The third kappa shape index (κ3) is 6.11. The molecule has 1 aliphatic carbocycles. The molecule has 0 aliphatic heterocycles. The molecule has 0 spiro atoms. The smallest absolute Gasteiger partial charge is 0.201 e. The Kier molecular flexibility index (Phi) is 9.93. The maximum atomic E-state index is 9.49. The standard InChI is InChI=1S/C23H40O2Si/c1-18(2)26(19(3)4,20(5)6)25-23-16-12-11-15-22(17-24)14-10-8-9-13-21(23)7/h14,18-20,23-24H,7-8,10-12,15-17H2,1-6H3/b22-14-. The van der Waals surface area contributed by atoms with Gasteiger partial charge in [0.1, 0.15) is 0 Å². The van der Waals surface area contributed by atoms with Crippen LogP contribution in [0.5, 0.6) is 0 Å². The molecule has 0 aromatic heterocycles. The fourth-order valence-electron chi connectivity index (χ4n) is 4.49. The molecular weight excluding hydrogens is 336 g/mol. The normalized spacial score (nSPS) is 22.5. The van der Waals surface area contributed by atoms with Crippen molar-refractivity contribution < 1.29 is 9.53 Å². The first-order valence-electron chi connectivity index (χ1n) is 10.4. The minimum absolute atomic E-state index is 0.0438. The summed E-state index contributed by atoms with van der Waals surface area (Å²) in [6.07, 6.45) is 8.05. The summed E-state index contributed by atoms with van der Waals surface area (Å²) >= 11 is 0. The van der Waals surface area contributed by atoms with E-state index >= 15 is 0 Å². The molecule has 0 aromatic rings. The quantitative estimate of drug-likeness (QED) is 0.331. The van der Waals surface area contributed by atoms with Gasteiger partial charge in [0.15, 0.2) is 0 Å². The third-order valence-corrected chi connectivity index (χ3v) is 11.9. The van der Waals surface area contributed by atoms with Gasteiger partial charge >= 0.3 is 0 Å². The molecule has 0 saturated carbocycles. The number of aliphatic hydroxyl groups is 1. The summed E-state index contributed by atoms with van der Waals surface area (Å²) < 4.78 is 7.01. The van der Waals surface area contributed by atoms with Gasteiger partial charge in [-0.15, -0.1) is 0 Å². The van der Waals surface area contributed by atoms with Crippen LogP contribution in [0.1, 0.15) is 80.1 Å². The van der Waals surface area contributed by atoms with Crippen LogP contribution in [0.4, 0.5) is 0 Å². The summed E-state index contributed by atoms with van der Waals surface area (Å²) in [6, 6.07) is 0. The fraction of sp³-hybridized carbons (Fsp3) is 0.739. The first-order valence-corrected chi connectivity index (χ1v) is 12.5. The topological polar surface area (TPSA) is 29.5 Å². The predicted molar refractivity (Wildman–Crippen MR) is 116 cm³/mol. The van der Waals surface area contributed by atoms with E-state index < -0.39 is 8.32 Å². The lowest BCUT2D eigenvalue weighted by Crippen LogP contribution is -2.50. The Morgan fingerprint density at radius 3 is 2.31 bits per heavy atom. The van der Waals surface area contributed by atoms with Crippen molar-refractivity contribution in [3.63, 3.8) is 0 Å². The number of hydrogen-bond donors (Lipinski definition) is 1. The molecule has 0 radical (unpaired) electrons. The van der Waals surface area contributed by atoms with Crippen molar-refractivity contribution in [2.45, 2.75) is 103 Å². The largest absolute Gasteiger partial charge is 0.409 e. The zero-order valence-corrected chi connectivity index (χ0v) is 18.9. The van der Waals surface area contributed by atoms with E-state index in [9.17, 15) is 5.11 Å². The molecule has 0 saturated heterocycles. The van der Waals surface area contributed by atoms with Crippen LogP contribution in [0.2, 0.25) is 16.6 Å². The first kappa shape index (κ1) is 23.2. The highest BCUT2D eigenvalue weighted by Gasteiger charge is 2.46. The second kappa shape index (κ2) is 11.1. The Labute approximate surface area is 163 Å². The lowest BCUT2D eigenvalue weighted by atomic mass is 10.0. The predicted octanol–water partition coefficient (Wildman–Crippen LogP) is 6.38. The summed E-state index contributed by atoms with van der Waals surface area (Å²) in [7, 11) is -1.95. The van der Waals surface area contributed by atoms with E-state index in [0.29, 0.717) is 16.6 Å². The molecule has 1 N–H and O–H groups in total. The first-order chi connectivity index (χ1) is 12.3. The van der Waals surface area contributed by atoms with Crippen LogP contribution in [-0.4, -0.2) is 26.1 Å². The van der Waals surface area contributed by atoms with Crippen molar-refractivity contribution in [3.8, 4) is 11.8 Å². The molecular formula is C23H40O2Si. The van der Waals surface area contributed by atoms with E-state index in [2.05, 4.69) is 66.0 Å². The Morgan fingerprint density at radius 1 is 1.15 bits per heavy atom. The SMILES string of the molecule is C=C1C#CCC/C=C(\CO)CCCCC1O[Si](C(C)C)(C(C)C)C(C)C. The van der Waals surface area contributed by atoms with Gasteiger partial charge in [0, 0.05) is 12.0 Å². The van der Waals surface area contributed by atoms with E-state index in [1.807, 2.05) is 0 Å². The van der Waals surface area contributed by atoms with Crippen molar-refractivity contribution in [3.05, 3.63) is 23.8 Å². The van der Waals surface area contributed by atoms with Gasteiger partial charge < -0.3 is 9.53 Å². The van der Waals surface area contributed by atoms with E-state index in [1.54, 1.807) is 0 Å². The van der Waals surface area contributed by atoms with Crippen molar-refractivity contribution in [1.82, 2.24) is 0 Å². The Hall–Kier alpha value is -0.823. The molecule has 1 aliphatic rings. The second-order valence-corrected chi connectivity index (χ2v) is 14.0. The molecule has 1 unspecified atom stereocenters. The van der Waals surface area contributed by atoms with Crippen LogP contribution >= 0.6 is 0 Å². The van der Waals surface area contributed by atoms with Gasteiger partial charge in [-0.3, -0.25) is 0 Å². The van der Waals surface area contributed by atoms with Crippen LogP contribution in [0, 0.1) is 11.8 Å². The molecule has 1 atom stereocenters. The summed E-state index contributed by atoms with van der Waals surface area (Å²) in [5.41, 5.74) is 3.80. The Bertz CT molecular complexity index is 512. The van der Waals surface area contributed by atoms with Gasteiger partial charge in [-0.2, -0.15) is 0 Å². The average Bonchev–Trinajstić information content (AvgIpc) is 2.56. The average molecular weight is 377 g/mol. The van der Waals surface area contributed by atoms with Crippen LogP contribution in [0.15, 0.2) is 23.8 Å². The van der Waals surface area contributed by atoms with E-state index in [4.69, 9.17) is 4.43 Å². The zero-order chi connectivity index (χ0) is 19.7. The van der Waals surface area contributed by atoms with Crippen LogP contribution in [-0.2, 0) is 4.43 Å². The van der Waals surface area contributed by atoms with Crippen molar-refractivity contribution in [2.75, 3.05) is 6.61 Å². The fourth-order valence-corrected chi connectivity index (χ4v) is 10.1. The highest BCUT2D eigenvalue weighted by molar-refractivity contribution is 6.77. The van der Waals surface area contributed by atoms with Gasteiger partial charge in [-0.1, -0.05) is 72.5 Å². The molecule has 148 valence electrons. The van der Waals surface area contributed by atoms with E-state index in [-0.39, 0.29) is 12.7 Å². The molecule has 0 fully saturated rings. The zero-order valence-electron chi connectivity index (χ0n) is 17.9. The highest BCUT2D eigenvalue weighted by atomic mass is 28.4. The van der Waals surface area contributed by atoms with Crippen molar-refractivity contribution in [2.24, 2.45) is 0 Å². The summed E-state index contributed by atoms with van der Waals surface area (Å²) in [4.78, 5) is 0. The van der Waals surface area contributed by atoms with Crippen molar-refractivity contribution in [1.29, 1.82) is 0 Å². The molecule has 1 rings (SSSR count). The minimum Gasteiger partial charge on any atom is -0.409 e. The summed E-state index contributed by atoms with van der Waals surface area (Å²) in [6.45, 7) is 18.4. The van der Waals surface area contributed by atoms with E-state index in [1.165, 1.54) is 0 Å². The van der Waals surface area contributed by atoms with Gasteiger partial charge in [0.25, 0.3) is 0 Å². The third-order valence-electron chi connectivity index (χ3n) is 5.81. The lowest BCUT2D eigenvalue weighted by molar-refractivity contribution is 0.197. The maximum Gasteiger partial charge on any atom is 0.201 e. The van der Waals surface area contributed by atoms with Crippen LogP contribution in [0.25, 0.3) is 0 Å². The van der Waals surface area contributed by atoms with Gasteiger partial charge in [0.05, 0.1) is 12.7 Å². The van der Waals surface area contributed by atoms with Gasteiger partial charge in [0.2, 0.25) is 8.32 Å². The number of aliphatic hydroxyl groups excluding tert-OH is 1. The minimum atomic E-state index is -1.95. The molecule has 3 heteroatoms. The summed E-state index contributed by atoms with van der Waals surface area (Å²) in [5.74, 6) is 6.54. The lowest BCUT2D eigenvalue weighted by Gasteiger charge is -2.44. The molecule has 0 aromatic carbocycles. The maximum absolute atomic E-state index is 9.49. The Morgan fingerprint density at radius 2 is 1.77 bits per heavy atom. The molecule has 2 nitrogen and oxygen atoms in total. The molecule has 0 heterocycles. The molecule has 0 bridgehead atoms. The number of rotatable bonds is 6. The van der Waals surface area contributed by atoms with Crippen LogP contribution in [0.3, 0.4) is 0 Å². The highest BCUT2D eigenvalue weighted by Crippen LogP contribution is 2.44. The van der Waals surface area contributed by atoms with Gasteiger partial charge in [-0.05, 0) is 47.9 Å². The van der Waals surface area contributed by atoms with Crippen molar-refractivity contribution >= 4 is 8.32 Å².